The Morgan fingerprint density at radius 3 is 2.40 bits per heavy atom. The van der Waals surface area contributed by atoms with E-state index in [4.69, 9.17) is 39.8 Å². The molecule has 0 unspecified atom stereocenters. The number of fused-ring (bicyclic) bond motifs is 1. The van der Waals surface area contributed by atoms with Crippen LogP contribution in [0.2, 0.25) is 15.1 Å². The Labute approximate surface area is 189 Å². The van der Waals surface area contributed by atoms with E-state index in [1.54, 1.807) is 18.2 Å². The lowest BCUT2D eigenvalue weighted by atomic mass is 9.97. The molecule has 3 nitrogen and oxygen atoms in total. The first-order valence-electron chi connectivity index (χ1n) is 9.27. The van der Waals surface area contributed by atoms with E-state index in [1.165, 1.54) is 0 Å². The predicted molar refractivity (Wildman–Crippen MR) is 126 cm³/mol. The van der Waals surface area contributed by atoms with Crippen LogP contribution in [0.5, 0.6) is 0 Å². The number of nitrogens with one attached hydrogen (secondary N) is 1. The Kier molecular flexibility index (Phi) is 5.70. The third-order valence-corrected chi connectivity index (χ3v) is 5.93. The lowest BCUT2D eigenvalue weighted by molar-refractivity contribution is 0.102. The largest absolute Gasteiger partial charge is 0.322 e. The molecule has 0 aliphatic rings. The van der Waals surface area contributed by atoms with Crippen LogP contribution in [0.4, 0.5) is 5.69 Å². The molecule has 1 heterocycles. The van der Waals surface area contributed by atoms with E-state index < -0.39 is 0 Å². The van der Waals surface area contributed by atoms with Gasteiger partial charge < -0.3 is 5.32 Å². The summed E-state index contributed by atoms with van der Waals surface area (Å²) < 4.78 is 0. The van der Waals surface area contributed by atoms with Gasteiger partial charge in [0.1, 0.15) is 0 Å². The van der Waals surface area contributed by atoms with E-state index in [0.29, 0.717) is 37.5 Å². The standard InChI is InChI=1S/C24H17Cl3N2O/c1-13-7-9-16(12-19(13)26)28-24(30)22-14(2)23(17-10-8-15(25)11-20(17)27)29-21-6-4-3-5-18(21)22/h3-12H,1-2H3,(H,28,30). The Hall–Kier alpha value is -2.59. The third-order valence-electron chi connectivity index (χ3n) is 4.98. The Bertz CT molecular complexity index is 1300. The number of anilines is 1. The zero-order valence-electron chi connectivity index (χ0n) is 16.3. The molecule has 0 saturated carbocycles. The topological polar surface area (TPSA) is 42.0 Å². The van der Waals surface area contributed by atoms with Gasteiger partial charge in [-0.1, -0.05) is 59.1 Å². The van der Waals surface area contributed by atoms with Crippen molar-refractivity contribution in [2.45, 2.75) is 13.8 Å². The van der Waals surface area contributed by atoms with E-state index in [1.807, 2.05) is 56.3 Å². The van der Waals surface area contributed by atoms with Crippen molar-refractivity contribution < 1.29 is 4.79 Å². The summed E-state index contributed by atoms with van der Waals surface area (Å²) in [4.78, 5) is 18.1. The molecule has 4 rings (SSSR count). The molecule has 0 spiro atoms. The van der Waals surface area contributed by atoms with E-state index in [2.05, 4.69) is 5.32 Å². The van der Waals surface area contributed by atoms with E-state index in [-0.39, 0.29) is 5.91 Å². The highest BCUT2D eigenvalue weighted by Gasteiger charge is 2.20. The molecular weight excluding hydrogens is 439 g/mol. The smallest absolute Gasteiger partial charge is 0.256 e. The van der Waals surface area contributed by atoms with Crippen LogP contribution in [0.3, 0.4) is 0 Å². The zero-order valence-corrected chi connectivity index (χ0v) is 18.5. The maximum Gasteiger partial charge on any atom is 0.256 e. The molecule has 4 aromatic rings. The molecule has 0 fully saturated rings. The van der Waals surface area contributed by atoms with Gasteiger partial charge in [-0.15, -0.1) is 0 Å². The number of hydrogen-bond donors (Lipinski definition) is 1. The van der Waals surface area contributed by atoms with Gasteiger partial charge >= 0.3 is 0 Å². The van der Waals surface area contributed by atoms with Crippen molar-refractivity contribution >= 4 is 57.3 Å². The van der Waals surface area contributed by atoms with Crippen LogP contribution in [0.1, 0.15) is 21.5 Å². The van der Waals surface area contributed by atoms with Gasteiger partial charge in [-0.05, 0) is 61.4 Å². The Morgan fingerprint density at radius 1 is 0.900 bits per heavy atom. The van der Waals surface area contributed by atoms with Crippen molar-refractivity contribution in [2.75, 3.05) is 5.32 Å². The second kappa shape index (κ2) is 8.27. The van der Waals surface area contributed by atoms with Crippen LogP contribution in [0.15, 0.2) is 60.7 Å². The molecule has 0 radical (unpaired) electrons. The molecule has 1 N–H and O–H groups in total. The quantitative estimate of drug-likeness (QED) is 0.343. The molecule has 0 atom stereocenters. The molecule has 1 aromatic heterocycles. The van der Waals surface area contributed by atoms with Crippen molar-refractivity contribution in [1.82, 2.24) is 4.98 Å². The minimum absolute atomic E-state index is 0.239. The second-order valence-corrected chi connectivity index (χ2v) is 8.27. The van der Waals surface area contributed by atoms with Gasteiger partial charge in [0.2, 0.25) is 0 Å². The second-order valence-electron chi connectivity index (χ2n) is 7.02. The highest BCUT2D eigenvalue weighted by molar-refractivity contribution is 6.36. The summed E-state index contributed by atoms with van der Waals surface area (Å²) in [7, 11) is 0. The van der Waals surface area contributed by atoms with Crippen molar-refractivity contribution in [3.05, 3.63) is 92.4 Å². The first-order valence-corrected chi connectivity index (χ1v) is 10.4. The molecule has 0 bridgehead atoms. The van der Waals surface area contributed by atoms with Crippen LogP contribution in [-0.2, 0) is 0 Å². The average Bonchev–Trinajstić information content (AvgIpc) is 2.70. The maximum absolute atomic E-state index is 13.3. The Morgan fingerprint density at radius 2 is 1.67 bits per heavy atom. The van der Waals surface area contributed by atoms with Crippen LogP contribution >= 0.6 is 34.8 Å². The molecule has 3 aromatic carbocycles. The average molecular weight is 456 g/mol. The predicted octanol–water partition coefficient (Wildman–Crippen LogP) is 7.73. The minimum atomic E-state index is -0.239. The van der Waals surface area contributed by atoms with Crippen LogP contribution in [-0.4, -0.2) is 10.9 Å². The maximum atomic E-state index is 13.3. The fourth-order valence-electron chi connectivity index (χ4n) is 3.41. The van der Waals surface area contributed by atoms with Gasteiger partial charge in [-0.25, -0.2) is 4.98 Å². The van der Waals surface area contributed by atoms with Crippen molar-refractivity contribution in [1.29, 1.82) is 0 Å². The SMILES string of the molecule is Cc1ccc(NC(=O)c2c(C)c(-c3ccc(Cl)cc3Cl)nc3ccccc23)cc1Cl. The normalized spacial score (nSPS) is 11.0. The number of benzene rings is 3. The van der Waals surface area contributed by atoms with Crippen molar-refractivity contribution in [3.63, 3.8) is 0 Å². The molecule has 30 heavy (non-hydrogen) atoms. The fourth-order valence-corrected chi connectivity index (χ4v) is 4.09. The number of carbonyl (C=O) groups is 1. The first kappa shape index (κ1) is 20.7. The van der Waals surface area contributed by atoms with Crippen molar-refractivity contribution in [2.24, 2.45) is 0 Å². The highest BCUT2D eigenvalue weighted by atomic mass is 35.5. The van der Waals surface area contributed by atoms with Gasteiger partial charge in [0.05, 0.1) is 21.8 Å². The monoisotopic (exact) mass is 454 g/mol. The number of carbonyl (C=O) groups excluding carboxylic acids is 1. The van der Waals surface area contributed by atoms with Crippen LogP contribution < -0.4 is 5.32 Å². The summed E-state index contributed by atoms with van der Waals surface area (Å²) in [5.74, 6) is -0.239. The van der Waals surface area contributed by atoms with Crippen LogP contribution in [0.25, 0.3) is 22.2 Å². The first-order chi connectivity index (χ1) is 14.3. The molecule has 150 valence electrons. The number of amides is 1. The number of pyridine rings is 1. The van der Waals surface area contributed by atoms with Gasteiger partial charge in [0.25, 0.3) is 5.91 Å². The van der Waals surface area contributed by atoms with E-state index in [9.17, 15) is 4.79 Å². The van der Waals surface area contributed by atoms with E-state index in [0.717, 1.165) is 22.1 Å². The summed E-state index contributed by atoms with van der Waals surface area (Å²) in [5.41, 5.74) is 4.91. The third kappa shape index (κ3) is 3.89. The number of para-hydroxylation sites is 1. The number of aromatic nitrogens is 1. The molecule has 0 aliphatic heterocycles. The summed E-state index contributed by atoms with van der Waals surface area (Å²) in [6.45, 7) is 3.79. The summed E-state index contributed by atoms with van der Waals surface area (Å²) in [6.07, 6.45) is 0. The summed E-state index contributed by atoms with van der Waals surface area (Å²) >= 11 is 18.7. The van der Waals surface area contributed by atoms with E-state index >= 15 is 0 Å². The zero-order chi connectivity index (χ0) is 21.4. The Balaban J connectivity index is 1.88. The number of halogens is 3. The lowest BCUT2D eigenvalue weighted by Crippen LogP contribution is -2.15. The highest BCUT2D eigenvalue weighted by Crippen LogP contribution is 2.35. The number of rotatable bonds is 3. The molecular formula is C24H17Cl3N2O. The van der Waals surface area contributed by atoms with Crippen molar-refractivity contribution in [3.8, 4) is 11.3 Å². The number of nitrogens with zero attached hydrogens (tertiary/aromatic N) is 1. The van der Waals surface area contributed by atoms with Gasteiger partial charge in [0, 0.05) is 26.7 Å². The summed E-state index contributed by atoms with van der Waals surface area (Å²) in [6, 6.07) is 18.2. The molecule has 0 saturated heterocycles. The van der Waals surface area contributed by atoms with Gasteiger partial charge in [0.15, 0.2) is 0 Å². The number of hydrogen-bond acceptors (Lipinski definition) is 2. The van der Waals surface area contributed by atoms with Gasteiger partial charge in [-0.2, -0.15) is 0 Å². The van der Waals surface area contributed by atoms with Gasteiger partial charge in [-0.3, -0.25) is 4.79 Å². The van der Waals surface area contributed by atoms with Crippen LogP contribution in [0, 0.1) is 13.8 Å². The number of aryl methyl sites for hydroxylation is 1. The molecule has 0 aliphatic carbocycles. The fraction of sp³-hybridized carbons (Fsp3) is 0.0833. The summed E-state index contributed by atoms with van der Waals surface area (Å²) in [5, 5.41) is 5.33. The minimum Gasteiger partial charge on any atom is -0.322 e. The molecule has 1 amide bonds. The lowest BCUT2D eigenvalue weighted by Gasteiger charge is -2.16. The molecule has 6 heteroatoms.